The molecule has 7 heteroatoms. The SMILES string of the molecule is COc1cc(C(=O)Nc2ccc3oc(C)nc3c2)cc2c1OCCO2. The molecule has 1 aromatic heterocycles. The van der Waals surface area contributed by atoms with Crippen LogP contribution in [0, 0.1) is 6.92 Å². The number of methoxy groups -OCH3 is 1. The summed E-state index contributed by atoms with van der Waals surface area (Å²) >= 11 is 0. The molecule has 0 fully saturated rings. The van der Waals surface area contributed by atoms with Crippen molar-refractivity contribution < 1.29 is 23.4 Å². The summed E-state index contributed by atoms with van der Waals surface area (Å²) in [7, 11) is 1.52. The van der Waals surface area contributed by atoms with E-state index in [-0.39, 0.29) is 5.91 Å². The molecule has 0 atom stereocenters. The van der Waals surface area contributed by atoms with Crippen molar-refractivity contribution in [2.24, 2.45) is 0 Å². The van der Waals surface area contributed by atoms with E-state index >= 15 is 0 Å². The molecule has 1 aliphatic heterocycles. The molecule has 0 bridgehead atoms. The fourth-order valence-electron chi connectivity index (χ4n) is 2.73. The third-order valence-electron chi connectivity index (χ3n) is 3.84. The van der Waals surface area contributed by atoms with Gasteiger partial charge >= 0.3 is 0 Å². The van der Waals surface area contributed by atoms with Gasteiger partial charge in [0.1, 0.15) is 18.7 Å². The quantitative estimate of drug-likeness (QED) is 0.788. The van der Waals surface area contributed by atoms with Crippen LogP contribution >= 0.6 is 0 Å². The Kier molecular flexibility index (Phi) is 3.68. The first-order valence-electron chi connectivity index (χ1n) is 7.80. The van der Waals surface area contributed by atoms with Crippen LogP contribution < -0.4 is 19.5 Å². The molecular formula is C18H16N2O5. The van der Waals surface area contributed by atoms with Gasteiger partial charge in [-0.3, -0.25) is 4.79 Å². The monoisotopic (exact) mass is 340 g/mol. The van der Waals surface area contributed by atoms with E-state index in [0.717, 1.165) is 0 Å². The van der Waals surface area contributed by atoms with Crippen LogP contribution in [0.4, 0.5) is 5.69 Å². The zero-order valence-corrected chi connectivity index (χ0v) is 13.8. The van der Waals surface area contributed by atoms with Gasteiger partial charge in [-0.15, -0.1) is 0 Å². The Labute approximate surface area is 143 Å². The Hall–Kier alpha value is -3.22. The summed E-state index contributed by atoms with van der Waals surface area (Å²) < 4.78 is 21.8. The molecule has 1 N–H and O–H groups in total. The summed E-state index contributed by atoms with van der Waals surface area (Å²) in [6, 6.07) is 8.57. The zero-order valence-electron chi connectivity index (χ0n) is 13.8. The summed E-state index contributed by atoms with van der Waals surface area (Å²) in [5.41, 5.74) is 2.41. The fraction of sp³-hybridized carbons (Fsp3) is 0.222. The number of rotatable bonds is 3. The molecule has 2 aromatic carbocycles. The van der Waals surface area contributed by atoms with Crippen LogP contribution in [0.1, 0.15) is 16.2 Å². The minimum Gasteiger partial charge on any atom is -0.493 e. The second-order valence-electron chi connectivity index (χ2n) is 5.57. The van der Waals surface area contributed by atoms with E-state index in [9.17, 15) is 4.79 Å². The number of amides is 1. The number of hydrogen-bond acceptors (Lipinski definition) is 6. The van der Waals surface area contributed by atoms with Crippen LogP contribution in [0.2, 0.25) is 0 Å². The third-order valence-corrected chi connectivity index (χ3v) is 3.84. The average molecular weight is 340 g/mol. The van der Waals surface area contributed by atoms with Gasteiger partial charge in [-0.1, -0.05) is 0 Å². The Morgan fingerprint density at radius 3 is 2.88 bits per heavy atom. The van der Waals surface area contributed by atoms with Gasteiger partial charge < -0.3 is 23.9 Å². The number of anilines is 1. The van der Waals surface area contributed by atoms with Gasteiger partial charge in [-0.25, -0.2) is 4.98 Å². The number of carbonyl (C=O) groups excluding carboxylic acids is 1. The first kappa shape index (κ1) is 15.3. The molecule has 2 heterocycles. The number of ether oxygens (including phenoxy) is 3. The van der Waals surface area contributed by atoms with E-state index in [1.54, 1.807) is 37.3 Å². The van der Waals surface area contributed by atoms with Crippen molar-refractivity contribution in [1.29, 1.82) is 0 Å². The van der Waals surface area contributed by atoms with E-state index in [2.05, 4.69) is 10.3 Å². The van der Waals surface area contributed by atoms with Gasteiger partial charge in [-0.05, 0) is 30.3 Å². The maximum atomic E-state index is 12.6. The van der Waals surface area contributed by atoms with Crippen LogP contribution in [-0.4, -0.2) is 31.2 Å². The number of oxazole rings is 1. The Morgan fingerprint density at radius 1 is 1.20 bits per heavy atom. The van der Waals surface area contributed by atoms with Crippen molar-refractivity contribution in [3.8, 4) is 17.2 Å². The highest BCUT2D eigenvalue weighted by atomic mass is 16.6. The Balaban J connectivity index is 1.63. The minimum absolute atomic E-state index is 0.283. The fourth-order valence-corrected chi connectivity index (χ4v) is 2.73. The largest absolute Gasteiger partial charge is 0.493 e. The molecule has 1 amide bonds. The molecular weight excluding hydrogens is 324 g/mol. The predicted molar refractivity (Wildman–Crippen MR) is 90.7 cm³/mol. The van der Waals surface area contributed by atoms with Crippen molar-refractivity contribution in [2.75, 3.05) is 25.6 Å². The molecule has 0 spiro atoms. The maximum Gasteiger partial charge on any atom is 0.255 e. The summed E-state index contributed by atoms with van der Waals surface area (Å²) in [5.74, 6) is 1.78. The lowest BCUT2D eigenvalue weighted by atomic mass is 10.1. The highest BCUT2D eigenvalue weighted by molar-refractivity contribution is 6.05. The zero-order chi connectivity index (χ0) is 17.4. The third kappa shape index (κ3) is 2.84. The molecule has 25 heavy (non-hydrogen) atoms. The summed E-state index contributed by atoms with van der Waals surface area (Å²) in [4.78, 5) is 16.9. The second kappa shape index (κ2) is 6.01. The number of fused-ring (bicyclic) bond motifs is 2. The van der Waals surface area contributed by atoms with E-state index in [1.165, 1.54) is 7.11 Å². The van der Waals surface area contributed by atoms with Crippen molar-refractivity contribution in [2.45, 2.75) is 6.92 Å². The number of nitrogens with one attached hydrogen (secondary N) is 1. The highest BCUT2D eigenvalue weighted by Crippen LogP contribution is 2.40. The van der Waals surface area contributed by atoms with Gasteiger partial charge in [0, 0.05) is 18.2 Å². The van der Waals surface area contributed by atoms with E-state index < -0.39 is 0 Å². The predicted octanol–water partition coefficient (Wildman–Crippen LogP) is 3.17. The molecule has 0 radical (unpaired) electrons. The van der Waals surface area contributed by atoms with Crippen LogP contribution in [0.25, 0.3) is 11.1 Å². The van der Waals surface area contributed by atoms with Crippen molar-refractivity contribution in [3.05, 3.63) is 41.8 Å². The number of nitrogens with zero attached hydrogens (tertiary/aromatic N) is 1. The lowest BCUT2D eigenvalue weighted by Crippen LogP contribution is -2.18. The van der Waals surface area contributed by atoms with E-state index in [0.29, 0.717) is 58.7 Å². The average Bonchev–Trinajstić information content (AvgIpc) is 3.00. The topological polar surface area (TPSA) is 82.8 Å². The number of benzene rings is 2. The first-order valence-corrected chi connectivity index (χ1v) is 7.80. The normalized spacial score (nSPS) is 12.9. The maximum absolute atomic E-state index is 12.6. The minimum atomic E-state index is -0.283. The van der Waals surface area contributed by atoms with E-state index in [1.807, 2.05) is 0 Å². The first-order chi connectivity index (χ1) is 12.1. The van der Waals surface area contributed by atoms with Crippen LogP contribution in [0.5, 0.6) is 17.2 Å². The van der Waals surface area contributed by atoms with Gasteiger partial charge in [0.05, 0.1) is 7.11 Å². The summed E-state index contributed by atoms with van der Waals surface area (Å²) in [6.45, 7) is 2.66. The molecule has 0 saturated carbocycles. The smallest absolute Gasteiger partial charge is 0.255 e. The lowest BCUT2D eigenvalue weighted by molar-refractivity contribution is 0.102. The van der Waals surface area contributed by atoms with Crippen molar-refractivity contribution in [3.63, 3.8) is 0 Å². The van der Waals surface area contributed by atoms with Crippen molar-refractivity contribution in [1.82, 2.24) is 4.98 Å². The van der Waals surface area contributed by atoms with Crippen molar-refractivity contribution >= 4 is 22.7 Å². The molecule has 0 unspecified atom stereocenters. The molecule has 7 nitrogen and oxygen atoms in total. The number of aryl methyl sites for hydroxylation is 1. The Morgan fingerprint density at radius 2 is 2.04 bits per heavy atom. The Bertz CT molecular complexity index is 946. The van der Waals surface area contributed by atoms with Crippen LogP contribution in [0.15, 0.2) is 34.7 Å². The number of hydrogen-bond donors (Lipinski definition) is 1. The van der Waals surface area contributed by atoms with Crippen LogP contribution in [-0.2, 0) is 0 Å². The molecule has 1 aliphatic rings. The lowest BCUT2D eigenvalue weighted by Gasteiger charge is -2.21. The molecule has 128 valence electrons. The standard InChI is InChI=1S/C18H16N2O5/c1-10-19-13-9-12(3-4-14(13)25-10)20-18(21)11-7-15(22-2)17-16(8-11)23-5-6-24-17/h3-4,7-9H,5-6H2,1-2H3,(H,20,21). The second-order valence-corrected chi connectivity index (χ2v) is 5.57. The van der Waals surface area contributed by atoms with Gasteiger partial charge in [0.2, 0.25) is 5.75 Å². The van der Waals surface area contributed by atoms with E-state index in [4.69, 9.17) is 18.6 Å². The molecule has 3 aromatic rings. The molecule has 0 aliphatic carbocycles. The summed E-state index contributed by atoms with van der Waals surface area (Å²) in [6.07, 6.45) is 0. The highest BCUT2D eigenvalue weighted by Gasteiger charge is 2.21. The van der Waals surface area contributed by atoms with Gasteiger partial charge in [0.25, 0.3) is 5.91 Å². The molecule has 4 rings (SSSR count). The van der Waals surface area contributed by atoms with Gasteiger partial charge in [0.15, 0.2) is 23.0 Å². The number of aromatic nitrogens is 1. The summed E-state index contributed by atoms with van der Waals surface area (Å²) in [5, 5.41) is 2.85. The number of carbonyl (C=O) groups is 1. The molecule has 0 saturated heterocycles. The van der Waals surface area contributed by atoms with Gasteiger partial charge in [-0.2, -0.15) is 0 Å². The van der Waals surface area contributed by atoms with Crippen LogP contribution in [0.3, 0.4) is 0 Å².